The van der Waals surface area contributed by atoms with E-state index in [-0.39, 0.29) is 11.8 Å². The van der Waals surface area contributed by atoms with Crippen molar-refractivity contribution in [3.8, 4) is 0 Å². The summed E-state index contributed by atoms with van der Waals surface area (Å²) in [5.41, 5.74) is 1.33. The van der Waals surface area contributed by atoms with Gasteiger partial charge in [-0.25, -0.2) is 0 Å². The van der Waals surface area contributed by atoms with Gasteiger partial charge >= 0.3 is 0 Å². The second-order valence-corrected chi connectivity index (χ2v) is 6.65. The lowest BCUT2D eigenvalue weighted by Gasteiger charge is -2.26. The van der Waals surface area contributed by atoms with Gasteiger partial charge < -0.3 is 15.0 Å². The molecule has 140 valence electrons. The fraction of sp³-hybridized carbons (Fsp3) is 0.706. The standard InChI is InChI=1S/C17H29N5O3/c1-13(2)20(3)12-16(23)21-7-5-8-22-15(11-21)14(10-19-22)17(24)18-6-9-25-4/h10,13H,5-9,11-12H2,1-4H3,(H,18,24). The Labute approximate surface area is 149 Å². The predicted molar refractivity (Wildman–Crippen MR) is 94.2 cm³/mol. The lowest BCUT2D eigenvalue weighted by atomic mass is 10.2. The zero-order chi connectivity index (χ0) is 18.4. The highest BCUT2D eigenvalue weighted by Gasteiger charge is 2.25. The summed E-state index contributed by atoms with van der Waals surface area (Å²) >= 11 is 0. The van der Waals surface area contributed by atoms with Crippen LogP contribution in [-0.4, -0.2) is 77.8 Å². The maximum absolute atomic E-state index is 12.6. The van der Waals surface area contributed by atoms with E-state index in [0.717, 1.165) is 12.1 Å². The maximum Gasteiger partial charge on any atom is 0.254 e. The van der Waals surface area contributed by atoms with E-state index in [1.807, 2.05) is 21.5 Å². The van der Waals surface area contributed by atoms with Crippen LogP contribution in [0.1, 0.15) is 36.3 Å². The molecule has 1 aliphatic rings. The predicted octanol–water partition coefficient (Wildman–Crippen LogP) is 0.332. The van der Waals surface area contributed by atoms with Gasteiger partial charge in [-0.3, -0.25) is 19.2 Å². The molecule has 2 amide bonds. The highest BCUT2D eigenvalue weighted by molar-refractivity contribution is 5.95. The summed E-state index contributed by atoms with van der Waals surface area (Å²) in [6, 6.07) is 0.309. The molecule has 1 aliphatic heterocycles. The smallest absolute Gasteiger partial charge is 0.254 e. The molecule has 0 aliphatic carbocycles. The zero-order valence-electron chi connectivity index (χ0n) is 15.6. The van der Waals surface area contributed by atoms with Crippen LogP contribution >= 0.6 is 0 Å². The SMILES string of the molecule is COCCNC(=O)c1cnn2c1CN(C(=O)CN(C)C(C)C)CCC2. The molecule has 0 unspecified atom stereocenters. The Morgan fingerprint density at radius 2 is 2.16 bits per heavy atom. The first-order valence-electron chi connectivity index (χ1n) is 8.73. The third-order valence-corrected chi connectivity index (χ3v) is 4.54. The molecule has 0 spiro atoms. The van der Waals surface area contributed by atoms with Crippen LogP contribution in [0.5, 0.6) is 0 Å². The quantitative estimate of drug-likeness (QED) is 0.716. The third-order valence-electron chi connectivity index (χ3n) is 4.54. The van der Waals surface area contributed by atoms with Crippen molar-refractivity contribution in [2.24, 2.45) is 0 Å². The maximum atomic E-state index is 12.6. The van der Waals surface area contributed by atoms with Crippen LogP contribution in [0.15, 0.2) is 6.20 Å². The molecule has 2 rings (SSSR count). The molecule has 1 aromatic heterocycles. The van der Waals surface area contributed by atoms with Gasteiger partial charge in [0.25, 0.3) is 5.91 Å². The number of likely N-dealkylation sites (N-methyl/N-ethyl adjacent to an activating group) is 1. The summed E-state index contributed by atoms with van der Waals surface area (Å²) in [4.78, 5) is 28.8. The highest BCUT2D eigenvalue weighted by atomic mass is 16.5. The minimum Gasteiger partial charge on any atom is -0.383 e. The first kappa shape index (κ1) is 19.4. The van der Waals surface area contributed by atoms with Crippen LogP contribution in [0.4, 0.5) is 0 Å². The number of nitrogens with zero attached hydrogens (tertiary/aromatic N) is 4. The van der Waals surface area contributed by atoms with Gasteiger partial charge in [0.2, 0.25) is 5.91 Å². The van der Waals surface area contributed by atoms with Gasteiger partial charge in [-0.05, 0) is 27.3 Å². The van der Waals surface area contributed by atoms with E-state index >= 15 is 0 Å². The van der Waals surface area contributed by atoms with Gasteiger partial charge in [-0.1, -0.05) is 0 Å². The van der Waals surface area contributed by atoms with Crippen LogP contribution in [0.3, 0.4) is 0 Å². The number of hydrogen-bond donors (Lipinski definition) is 1. The Hall–Kier alpha value is -1.93. The largest absolute Gasteiger partial charge is 0.383 e. The molecule has 0 bridgehead atoms. The number of ether oxygens (including phenoxy) is 1. The van der Waals surface area contributed by atoms with Crippen molar-refractivity contribution < 1.29 is 14.3 Å². The fourth-order valence-corrected chi connectivity index (χ4v) is 2.70. The molecule has 0 saturated carbocycles. The first-order chi connectivity index (χ1) is 11.9. The van der Waals surface area contributed by atoms with Crippen molar-refractivity contribution in [1.29, 1.82) is 0 Å². The molecule has 1 N–H and O–H groups in total. The van der Waals surface area contributed by atoms with Gasteiger partial charge in [-0.15, -0.1) is 0 Å². The average molecular weight is 351 g/mol. The summed E-state index contributed by atoms with van der Waals surface area (Å²) in [5, 5.41) is 7.14. The number of carbonyl (C=O) groups excluding carboxylic acids is 2. The van der Waals surface area contributed by atoms with Crippen LogP contribution < -0.4 is 5.32 Å². The number of hydrogen-bond acceptors (Lipinski definition) is 5. The van der Waals surface area contributed by atoms with Crippen molar-refractivity contribution in [2.75, 3.05) is 40.4 Å². The number of fused-ring (bicyclic) bond motifs is 1. The first-order valence-corrected chi connectivity index (χ1v) is 8.73. The van der Waals surface area contributed by atoms with Gasteiger partial charge in [0.1, 0.15) is 0 Å². The van der Waals surface area contributed by atoms with Crippen LogP contribution in [-0.2, 0) is 22.6 Å². The number of amides is 2. The second-order valence-electron chi connectivity index (χ2n) is 6.65. The Bertz CT molecular complexity index is 599. The monoisotopic (exact) mass is 351 g/mol. The molecule has 25 heavy (non-hydrogen) atoms. The van der Waals surface area contributed by atoms with Crippen molar-refractivity contribution in [3.05, 3.63) is 17.5 Å². The van der Waals surface area contributed by atoms with E-state index in [0.29, 0.717) is 50.9 Å². The van der Waals surface area contributed by atoms with Crippen LogP contribution in [0.2, 0.25) is 0 Å². The van der Waals surface area contributed by atoms with Gasteiger partial charge in [0, 0.05) is 32.8 Å². The summed E-state index contributed by atoms with van der Waals surface area (Å²) in [6.45, 7) is 7.21. The van der Waals surface area contributed by atoms with Crippen LogP contribution in [0, 0.1) is 0 Å². The Morgan fingerprint density at radius 1 is 1.40 bits per heavy atom. The van der Waals surface area contributed by atoms with E-state index in [1.54, 1.807) is 13.3 Å². The molecule has 8 heteroatoms. The van der Waals surface area contributed by atoms with E-state index in [1.165, 1.54) is 0 Å². The second kappa shape index (κ2) is 8.96. The molecule has 0 atom stereocenters. The summed E-state index contributed by atoms with van der Waals surface area (Å²) in [7, 11) is 3.54. The summed E-state index contributed by atoms with van der Waals surface area (Å²) in [6.07, 6.45) is 2.42. The summed E-state index contributed by atoms with van der Waals surface area (Å²) in [5.74, 6) is -0.0940. The topological polar surface area (TPSA) is 79.7 Å². The normalized spacial score (nSPS) is 14.6. The lowest BCUT2D eigenvalue weighted by Crippen LogP contribution is -2.41. The molecule has 1 aromatic rings. The Morgan fingerprint density at radius 3 is 2.84 bits per heavy atom. The van der Waals surface area contributed by atoms with Gasteiger partial charge in [0.15, 0.2) is 0 Å². The lowest BCUT2D eigenvalue weighted by molar-refractivity contribution is -0.133. The Balaban J connectivity index is 2.09. The van der Waals surface area contributed by atoms with E-state index in [4.69, 9.17) is 4.74 Å². The number of methoxy groups -OCH3 is 1. The molecule has 2 heterocycles. The zero-order valence-corrected chi connectivity index (χ0v) is 15.6. The molecule has 0 aromatic carbocycles. The molecule has 0 saturated heterocycles. The van der Waals surface area contributed by atoms with Gasteiger partial charge in [0.05, 0.1) is 37.2 Å². The van der Waals surface area contributed by atoms with Gasteiger partial charge in [-0.2, -0.15) is 5.10 Å². The molecule has 8 nitrogen and oxygen atoms in total. The molecular formula is C17H29N5O3. The number of rotatable bonds is 7. The Kier molecular flexibility index (Phi) is 6.95. The fourth-order valence-electron chi connectivity index (χ4n) is 2.70. The number of carbonyl (C=O) groups is 2. The average Bonchev–Trinajstić information content (AvgIpc) is 2.84. The van der Waals surface area contributed by atoms with E-state index < -0.39 is 0 Å². The third kappa shape index (κ3) is 5.02. The van der Waals surface area contributed by atoms with Crippen LogP contribution in [0.25, 0.3) is 0 Å². The molecular weight excluding hydrogens is 322 g/mol. The molecule has 0 radical (unpaired) electrons. The van der Waals surface area contributed by atoms with Crippen molar-refractivity contribution in [1.82, 2.24) is 24.9 Å². The minimum atomic E-state index is -0.174. The van der Waals surface area contributed by atoms with Crippen molar-refractivity contribution >= 4 is 11.8 Å². The van der Waals surface area contributed by atoms with E-state index in [9.17, 15) is 9.59 Å². The van der Waals surface area contributed by atoms with E-state index in [2.05, 4.69) is 24.3 Å². The summed E-state index contributed by atoms with van der Waals surface area (Å²) < 4.78 is 6.79. The van der Waals surface area contributed by atoms with Crippen molar-refractivity contribution in [2.45, 2.75) is 39.4 Å². The molecule has 0 fully saturated rings. The number of nitrogens with one attached hydrogen (secondary N) is 1. The number of aryl methyl sites for hydroxylation is 1. The number of aromatic nitrogens is 2. The van der Waals surface area contributed by atoms with Crippen molar-refractivity contribution in [3.63, 3.8) is 0 Å². The minimum absolute atomic E-state index is 0.0802. The highest BCUT2D eigenvalue weighted by Crippen LogP contribution is 2.17.